The number of carbonyl (C=O) groups is 1. The number of allylic oxidation sites excluding steroid dienone is 1. The van der Waals surface area contributed by atoms with Crippen molar-refractivity contribution in [1.29, 1.82) is 0 Å². The molecule has 0 aliphatic heterocycles. The summed E-state index contributed by atoms with van der Waals surface area (Å²) in [6.45, 7) is 1.30. The Balaban J connectivity index is 2.15. The number of nitrogens with two attached hydrogens (primary N) is 1. The summed E-state index contributed by atoms with van der Waals surface area (Å²) in [5.74, 6) is -0.398. The standard InChI is InChI=1S/C17H18N4O5S/c1-11(22)16(21-20-13-3-7-14(26-2)8-4-13)17(23)19-12-5-9-15(10-6-12)27(18,24)25/h3-10,22H,1-2H3,(H,19,23)(H2,18,24,25). The highest BCUT2D eigenvalue weighted by atomic mass is 32.2. The summed E-state index contributed by atoms with van der Waals surface area (Å²) >= 11 is 0. The van der Waals surface area contributed by atoms with Gasteiger partial charge in [-0.3, -0.25) is 4.79 Å². The van der Waals surface area contributed by atoms with Gasteiger partial charge in [-0.15, -0.1) is 5.11 Å². The van der Waals surface area contributed by atoms with Crippen molar-refractivity contribution in [2.45, 2.75) is 11.8 Å². The van der Waals surface area contributed by atoms with Crippen molar-refractivity contribution in [3.8, 4) is 5.75 Å². The average molecular weight is 390 g/mol. The van der Waals surface area contributed by atoms with Gasteiger partial charge in [0.15, 0.2) is 5.70 Å². The number of anilines is 1. The number of amides is 1. The highest BCUT2D eigenvalue weighted by molar-refractivity contribution is 7.89. The number of aliphatic hydroxyl groups is 1. The molecule has 0 fully saturated rings. The summed E-state index contributed by atoms with van der Waals surface area (Å²) in [6, 6.07) is 11.9. The third-order valence-corrected chi connectivity index (χ3v) is 4.27. The maximum atomic E-state index is 12.3. The molecule has 2 aromatic carbocycles. The van der Waals surface area contributed by atoms with Crippen LogP contribution in [0.15, 0.2) is 75.1 Å². The molecular weight excluding hydrogens is 372 g/mol. The maximum Gasteiger partial charge on any atom is 0.279 e. The molecule has 4 N–H and O–H groups in total. The lowest BCUT2D eigenvalue weighted by Gasteiger charge is -2.06. The fourth-order valence-electron chi connectivity index (χ4n) is 1.96. The lowest BCUT2D eigenvalue weighted by molar-refractivity contribution is -0.113. The summed E-state index contributed by atoms with van der Waals surface area (Å²) in [5.41, 5.74) is 0.465. The van der Waals surface area contributed by atoms with Crippen molar-refractivity contribution < 1.29 is 23.1 Å². The second kappa shape index (κ2) is 8.43. The molecule has 10 heteroatoms. The molecule has 0 unspecified atom stereocenters. The zero-order chi connectivity index (χ0) is 20.0. The van der Waals surface area contributed by atoms with Crippen molar-refractivity contribution in [3.63, 3.8) is 0 Å². The molecule has 2 aromatic rings. The van der Waals surface area contributed by atoms with E-state index in [4.69, 9.17) is 9.88 Å². The first-order valence-corrected chi connectivity index (χ1v) is 9.15. The van der Waals surface area contributed by atoms with Gasteiger partial charge in [0.2, 0.25) is 10.0 Å². The molecule has 0 heterocycles. The number of primary sulfonamides is 1. The number of aliphatic hydroxyl groups excluding tert-OH is 1. The number of ether oxygens (including phenoxy) is 1. The quantitative estimate of drug-likeness (QED) is 0.395. The van der Waals surface area contributed by atoms with Gasteiger partial charge < -0.3 is 15.2 Å². The number of hydrogen-bond donors (Lipinski definition) is 3. The summed E-state index contributed by atoms with van der Waals surface area (Å²) in [4.78, 5) is 12.2. The number of methoxy groups -OCH3 is 1. The van der Waals surface area contributed by atoms with Gasteiger partial charge in [0.1, 0.15) is 11.5 Å². The van der Waals surface area contributed by atoms with E-state index in [1.54, 1.807) is 24.3 Å². The molecule has 9 nitrogen and oxygen atoms in total. The number of rotatable bonds is 6. The number of azo groups is 1. The second-order valence-corrected chi connectivity index (χ2v) is 6.92. The van der Waals surface area contributed by atoms with Gasteiger partial charge in [-0.1, -0.05) is 0 Å². The van der Waals surface area contributed by atoms with E-state index in [-0.39, 0.29) is 16.4 Å². The van der Waals surface area contributed by atoms with E-state index in [1.807, 2.05) is 0 Å². The molecule has 27 heavy (non-hydrogen) atoms. The van der Waals surface area contributed by atoms with Crippen LogP contribution in [0.3, 0.4) is 0 Å². The highest BCUT2D eigenvalue weighted by Gasteiger charge is 2.14. The van der Waals surface area contributed by atoms with Crippen LogP contribution in [0.1, 0.15) is 6.92 Å². The third-order valence-electron chi connectivity index (χ3n) is 3.34. The van der Waals surface area contributed by atoms with Gasteiger partial charge in [0.25, 0.3) is 5.91 Å². The van der Waals surface area contributed by atoms with Crippen LogP contribution in [0.4, 0.5) is 11.4 Å². The first kappa shape index (κ1) is 20.1. The fourth-order valence-corrected chi connectivity index (χ4v) is 2.47. The maximum absolute atomic E-state index is 12.3. The van der Waals surface area contributed by atoms with Gasteiger partial charge in [-0.2, -0.15) is 5.11 Å². The summed E-state index contributed by atoms with van der Waals surface area (Å²) in [7, 11) is -2.29. The van der Waals surface area contributed by atoms with Gasteiger partial charge in [-0.25, -0.2) is 13.6 Å². The molecule has 0 spiro atoms. The van der Waals surface area contributed by atoms with Crippen molar-refractivity contribution in [1.82, 2.24) is 0 Å². The molecule has 1 amide bonds. The van der Waals surface area contributed by atoms with Crippen LogP contribution in [0, 0.1) is 0 Å². The number of carbonyl (C=O) groups excluding carboxylic acids is 1. The Morgan fingerprint density at radius 1 is 1.11 bits per heavy atom. The Bertz CT molecular complexity index is 977. The molecule has 0 aliphatic rings. The fraction of sp³-hybridized carbons (Fsp3) is 0.118. The number of nitrogens with zero attached hydrogens (tertiary/aromatic N) is 2. The SMILES string of the molecule is COc1ccc(N=NC(C(=O)Nc2ccc(S(N)(=O)=O)cc2)=C(C)O)cc1. The van der Waals surface area contributed by atoms with Gasteiger partial charge in [-0.05, 0) is 55.5 Å². The van der Waals surface area contributed by atoms with E-state index < -0.39 is 15.9 Å². The first-order chi connectivity index (χ1) is 12.7. The molecule has 0 bridgehead atoms. The first-order valence-electron chi connectivity index (χ1n) is 7.60. The van der Waals surface area contributed by atoms with E-state index in [9.17, 15) is 18.3 Å². The van der Waals surface area contributed by atoms with Crippen LogP contribution >= 0.6 is 0 Å². The van der Waals surface area contributed by atoms with Crippen molar-refractivity contribution in [2.24, 2.45) is 15.4 Å². The van der Waals surface area contributed by atoms with Crippen LogP contribution < -0.4 is 15.2 Å². The molecule has 0 saturated heterocycles. The molecule has 0 atom stereocenters. The Morgan fingerprint density at radius 2 is 1.70 bits per heavy atom. The third kappa shape index (κ3) is 5.62. The summed E-state index contributed by atoms with van der Waals surface area (Å²) in [6.07, 6.45) is 0. The summed E-state index contributed by atoms with van der Waals surface area (Å²) in [5, 5.41) is 24.9. The number of hydrogen-bond acceptors (Lipinski definition) is 7. The molecule has 0 aliphatic carbocycles. The number of nitrogens with one attached hydrogen (secondary N) is 1. The Hall–Kier alpha value is -3.24. The molecular formula is C17H18N4O5S. The second-order valence-electron chi connectivity index (χ2n) is 5.36. The summed E-state index contributed by atoms with van der Waals surface area (Å²) < 4.78 is 27.5. The lowest BCUT2D eigenvalue weighted by Crippen LogP contribution is -2.15. The van der Waals surface area contributed by atoms with E-state index in [0.717, 1.165) is 0 Å². The van der Waals surface area contributed by atoms with Gasteiger partial charge in [0.05, 0.1) is 17.7 Å². The number of benzene rings is 2. The molecule has 0 saturated carbocycles. The molecule has 0 radical (unpaired) electrons. The minimum absolute atomic E-state index is 0.0891. The normalized spacial score (nSPS) is 12.6. The van der Waals surface area contributed by atoms with E-state index in [0.29, 0.717) is 17.1 Å². The molecule has 0 aromatic heterocycles. The molecule has 2 rings (SSSR count). The Kier molecular flexibility index (Phi) is 6.27. The van der Waals surface area contributed by atoms with Crippen LogP contribution in [0.2, 0.25) is 0 Å². The van der Waals surface area contributed by atoms with E-state index in [2.05, 4.69) is 15.5 Å². The Labute approximate surface area is 156 Å². The lowest BCUT2D eigenvalue weighted by atomic mass is 10.3. The Morgan fingerprint density at radius 3 is 2.19 bits per heavy atom. The van der Waals surface area contributed by atoms with Crippen molar-refractivity contribution >= 4 is 27.3 Å². The van der Waals surface area contributed by atoms with Crippen LogP contribution in [0.5, 0.6) is 5.75 Å². The van der Waals surface area contributed by atoms with Crippen LogP contribution in [-0.4, -0.2) is 26.5 Å². The topological polar surface area (TPSA) is 143 Å². The average Bonchev–Trinajstić information content (AvgIpc) is 2.62. The van der Waals surface area contributed by atoms with Crippen LogP contribution in [0.25, 0.3) is 0 Å². The zero-order valence-electron chi connectivity index (χ0n) is 14.6. The van der Waals surface area contributed by atoms with Gasteiger partial charge in [0, 0.05) is 5.69 Å². The number of sulfonamides is 1. The van der Waals surface area contributed by atoms with Gasteiger partial charge >= 0.3 is 0 Å². The predicted molar refractivity (Wildman–Crippen MR) is 99.3 cm³/mol. The van der Waals surface area contributed by atoms with Crippen molar-refractivity contribution in [3.05, 3.63) is 60.0 Å². The zero-order valence-corrected chi connectivity index (χ0v) is 15.4. The smallest absolute Gasteiger partial charge is 0.279 e. The van der Waals surface area contributed by atoms with Crippen LogP contribution in [-0.2, 0) is 14.8 Å². The largest absolute Gasteiger partial charge is 0.510 e. The minimum atomic E-state index is -3.83. The predicted octanol–water partition coefficient (Wildman–Crippen LogP) is 2.85. The minimum Gasteiger partial charge on any atom is -0.510 e. The van der Waals surface area contributed by atoms with Crippen molar-refractivity contribution in [2.75, 3.05) is 12.4 Å². The van der Waals surface area contributed by atoms with E-state index >= 15 is 0 Å². The highest BCUT2D eigenvalue weighted by Crippen LogP contribution is 2.20. The molecule has 142 valence electrons. The van der Waals surface area contributed by atoms with E-state index in [1.165, 1.54) is 38.3 Å². The monoisotopic (exact) mass is 390 g/mol.